The average Bonchev–Trinajstić information content (AvgIpc) is 3.42. The zero-order chi connectivity index (χ0) is 33.6. The quantitative estimate of drug-likeness (QED) is 0.271. The molecule has 11 nitrogen and oxygen atoms in total. The fourth-order valence-corrected chi connectivity index (χ4v) is 6.76. The van der Waals surface area contributed by atoms with Crippen LogP contribution < -0.4 is 20.1 Å². The molecule has 1 aliphatic heterocycles. The Balaban J connectivity index is 1.92. The standard InChI is InChI=1S/C32H47N3O8S2/c1-21(2)18-35(45(39,40)23-14-15-26-27(17-23)42-20-41-26)19-25(36)24(16-22-12-10-9-11-13-22)33-29(37)28(32(6,7)44-8)34-30(38)43-31(3,4)5/h9-15,17,21,24-25,28,36H,16,18-20H2,1-8H3,(H,33,37)(H,34,38). The van der Waals surface area contributed by atoms with Crippen molar-refractivity contribution in [2.45, 2.75) is 88.3 Å². The van der Waals surface area contributed by atoms with E-state index in [2.05, 4.69) is 10.6 Å². The molecule has 0 radical (unpaired) electrons. The second kappa shape index (κ2) is 15.1. The molecule has 0 spiro atoms. The summed E-state index contributed by atoms with van der Waals surface area (Å²) in [7, 11) is -4.08. The molecule has 2 aromatic rings. The fourth-order valence-electron chi connectivity index (χ4n) is 4.72. The number of aliphatic hydroxyl groups is 1. The van der Waals surface area contributed by atoms with Gasteiger partial charge in [0, 0.05) is 23.9 Å². The number of fused-ring (bicyclic) bond motifs is 1. The van der Waals surface area contributed by atoms with Gasteiger partial charge in [-0.15, -0.1) is 0 Å². The Morgan fingerprint density at radius 3 is 2.24 bits per heavy atom. The highest BCUT2D eigenvalue weighted by molar-refractivity contribution is 8.00. The summed E-state index contributed by atoms with van der Waals surface area (Å²) >= 11 is 1.39. The molecule has 0 bridgehead atoms. The van der Waals surface area contributed by atoms with E-state index in [9.17, 15) is 23.1 Å². The zero-order valence-corrected chi connectivity index (χ0v) is 29.0. The third kappa shape index (κ3) is 10.2. The number of alkyl carbamates (subject to hydrolysis) is 1. The summed E-state index contributed by atoms with van der Waals surface area (Å²) in [6.07, 6.45) is -0.0104. The first-order valence-electron chi connectivity index (χ1n) is 14.9. The van der Waals surface area contributed by atoms with Gasteiger partial charge in [-0.25, -0.2) is 13.2 Å². The number of rotatable bonds is 14. The smallest absolute Gasteiger partial charge is 0.408 e. The highest BCUT2D eigenvalue weighted by Gasteiger charge is 2.39. The Kier molecular flexibility index (Phi) is 12.2. The van der Waals surface area contributed by atoms with Gasteiger partial charge in [0.1, 0.15) is 11.6 Å². The van der Waals surface area contributed by atoms with E-state index in [1.165, 1.54) is 28.2 Å². The van der Waals surface area contributed by atoms with E-state index in [0.29, 0.717) is 11.5 Å². The molecular formula is C32H47N3O8S2. The monoisotopic (exact) mass is 665 g/mol. The van der Waals surface area contributed by atoms with Crippen LogP contribution >= 0.6 is 11.8 Å². The van der Waals surface area contributed by atoms with Crippen molar-refractivity contribution >= 4 is 33.8 Å². The SMILES string of the molecule is CSC(C)(C)C(NC(=O)OC(C)(C)C)C(=O)NC(Cc1ccccc1)C(O)CN(CC(C)C)S(=O)(=O)c1ccc2c(c1)OCO2. The summed E-state index contributed by atoms with van der Waals surface area (Å²) in [6, 6.07) is 11.8. The maximum Gasteiger partial charge on any atom is 0.408 e. The molecule has 1 aliphatic rings. The summed E-state index contributed by atoms with van der Waals surface area (Å²) in [6.45, 7) is 12.4. The van der Waals surface area contributed by atoms with Crippen LogP contribution in [-0.4, -0.2) is 84.5 Å². The molecule has 2 amide bonds. The normalized spacial score (nSPS) is 15.4. The lowest BCUT2D eigenvalue weighted by Crippen LogP contribution is -2.60. The maximum atomic E-state index is 13.9. The molecule has 1 heterocycles. The highest BCUT2D eigenvalue weighted by atomic mass is 32.2. The molecule has 13 heteroatoms. The van der Waals surface area contributed by atoms with E-state index in [1.54, 1.807) is 26.8 Å². The average molecular weight is 666 g/mol. The van der Waals surface area contributed by atoms with Crippen LogP contribution in [0.1, 0.15) is 54.0 Å². The van der Waals surface area contributed by atoms with Gasteiger partial charge in [-0.05, 0) is 70.9 Å². The molecule has 0 aromatic heterocycles. The molecule has 45 heavy (non-hydrogen) atoms. The number of nitrogens with zero attached hydrogens (tertiary/aromatic N) is 1. The lowest BCUT2D eigenvalue weighted by atomic mass is 9.98. The second-order valence-electron chi connectivity index (χ2n) is 13.0. The molecule has 0 saturated heterocycles. The molecule has 250 valence electrons. The van der Waals surface area contributed by atoms with Gasteiger partial charge in [-0.2, -0.15) is 16.1 Å². The molecule has 0 saturated carbocycles. The highest BCUT2D eigenvalue weighted by Crippen LogP contribution is 2.35. The van der Waals surface area contributed by atoms with Crippen molar-refractivity contribution in [1.29, 1.82) is 0 Å². The van der Waals surface area contributed by atoms with Gasteiger partial charge in [-0.3, -0.25) is 4.79 Å². The number of ether oxygens (including phenoxy) is 3. The van der Waals surface area contributed by atoms with Crippen molar-refractivity contribution in [2.24, 2.45) is 5.92 Å². The van der Waals surface area contributed by atoms with Crippen LogP contribution in [0.15, 0.2) is 53.4 Å². The Bertz CT molecular complexity index is 1410. The number of carbonyl (C=O) groups is 2. The Morgan fingerprint density at radius 2 is 1.64 bits per heavy atom. The fraction of sp³-hybridized carbons (Fsp3) is 0.562. The lowest BCUT2D eigenvalue weighted by molar-refractivity contribution is -0.125. The topological polar surface area (TPSA) is 143 Å². The van der Waals surface area contributed by atoms with Crippen molar-refractivity contribution < 1.29 is 37.3 Å². The Labute approximate surface area is 271 Å². The first-order chi connectivity index (χ1) is 20.9. The van der Waals surface area contributed by atoms with Gasteiger partial charge in [0.05, 0.1) is 17.0 Å². The maximum absolute atomic E-state index is 13.9. The number of hydrogen-bond acceptors (Lipinski definition) is 9. The first kappa shape index (κ1) is 36.5. The van der Waals surface area contributed by atoms with E-state index in [1.807, 2.05) is 64.3 Å². The number of sulfonamides is 1. The van der Waals surface area contributed by atoms with Crippen molar-refractivity contribution in [2.75, 3.05) is 26.1 Å². The van der Waals surface area contributed by atoms with Crippen molar-refractivity contribution in [3.8, 4) is 11.5 Å². The van der Waals surface area contributed by atoms with Crippen LogP contribution in [0.25, 0.3) is 0 Å². The van der Waals surface area contributed by atoms with Gasteiger partial charge < -0.3 is 30.0 Å². The second-order valence-corrected chi connectivity index (χ2v) is 16.4. The van der Waals surface area contributed by atoms with Gasteiger partial charge >= 0.3 is 6.09 Å². The minimum Gasteiger partial charge on any atom is -0.454 e. The van der Waals surface area contributed by atoms with E-state index < -0.39 is 50.6 Å². The van der Waals surface area contributed by atoms with E-state index in [-0.39, 0.29) is 37.1 Å². The number of benzene rings is 2. The van der Waals surface area contributed by atoms with Gasteiger partial charge in [0.25, 0.3) is 0 Å². The minimum atomic E-state index is -4.08. The summed E-state index contributed by atoms with van der Waals surface area (Å²) in [5.74, 6) is 0.190. The van der Waals surface area contributed by atoms with Crippen LogP contribution in [0.3, 0.4) is 0 Å². The third-order valence-corrected chi connectivity index (χ3v) is 10.3. The number of aliphatic hydroxyl groups excluding tert-OH is 1. The van der Waals surface area contributed by atoms with Crippen LogP contribution in [0.2, 0.25) is 0 Å². The summed E-state index contributed by atoms with van der Waals surface area (Å²) < 4.78 is 44.4. The molecule has 2 aromatic carbocycles. The number of carbonyl (C=O) groups excluding carboxylic acids is 2. The number of nitrogens with one attached hydrogen (secondary N) is 2. The molecule has 0 aliphatic carbocycles. The summed E-state index contributed by atoms with van der Waals surface area (Å²) in [5, 5.41) is 17.3. The molecule has 3 rings (SSSR count). The van der Waals surface area contributed by atoms with Gasteiger partial charge in [-0.1, -0.05) is 44.2 Å². The van der Waals surface area contributed by atoms with Crippen LogP contribution in [0.4, 0.5) is 4.79 Å². The largest absolute Gasteiger partial charge is 0.454 e. The number of hydrogen-bond donors (Lipinski definition) is 3. The summed E-state index contributed by atoms with van der Waals surface area (Å²) in [5.41, 5.74) is 0.0564. The molecular weight excluding hydrogens is 618 g/mol. The number of thioether (sulfide) groups is 1. The van der Waals surface area contributed by atoms with Crippen LogP contribution in [0.5, 0.6) is 11.5 Å². The van der Waals surface area contributed by atoms with E-state index in [0.717, 1.165) is 5.56 Å². The van der Waals surface area contributed by atoms with Crippen molar-refractivity contribution in [1.82, 2.24) is 14.9 Å². The van der Waals surface area contributed by atoms with E-state index >= 15 is 0 Å². The van der Waals surface area contributed by atoms with Crippen LogP contribution in [0, 0.1) is 5.92 Å². The molecule has 3 atom stereocenters. The number of amides is 2. The predicted octanol–water partition coefficient (Wildman–Crippen LogP) is 4.19. The van der Waals surface area contributed by atoms with Gasteiger partial charge in [0.2, 0.25) is 22.7 Å². The molecule has 3 unspecified atom stereocenters. The third-order valence-electron chi connectivity index (χ3n) is 7.18. The van der Waals surface area contributed by atoms with E-state index in [4.69, 9.17) is 14.2 Å². The Hall–Kier alpha value is -3.00. The van der Waals surface area contributed by atoms with Crippen LogP contribution in [-0.2, 0) is 26.0 Å². The van der Waals surface area contributed by atoms with Crippen molar-refractivity contribution in [3.63, 3.8) is 0 Å². The summed E-state index contributed by atoms with van der Waals surface area (Å²) in [4.78, 5) is 26.6. The lowest BCUT2D eigenvalue weighted by Gasteiger charge is -2.35. The minimum absolute atomic E-state index is 0.00520. The first-order valence-corrected chi connectivity index (χ1v) is 17.6. The van der Waals surface area contributed by atoms with Crippen molar-refractivity contribution in [3.05, 3.63) is 54.1 Å². The van der Waals surface area contributed by atoms with Gasteiger partial charge in [0.15, 0.2) is 11.5 Å². The Morgan fingerprint density at radius 1 is 1.00 bits per heavy atom. The predicted molar refractivity (Wildman–Crippen MR) is 175 cm³/mol. The molecule has 3 N–H and O–H groups in total. The molecule has 0 fully saturated rings. The zero-order valence-electron chi connectivity index (χ0n) is 27.3.